The Hall–Kier alpha value is -2.75. The van der Waals surface area contributed by atoms with E-state index in [4.69, 9.17) is 0 Å². The molecule has 122 valence electrons. The molecule has 0 aliphatic carbocycles. The predicted octanol–water partition coefficient (Wildman–Crippen LogP) is 1.91. The number of nitriles is 1. The van der Waals surface area contributed by atoms with Crippen LogP contribution in [0.25, 0.3) is 0 Å². The van der Waals surface area contributed by atoms with Gasteiger partial charge in [0.2, 0.25) is 0 Å². The van der Waals surface area contributed by atoms with Gasteiger partial charge in [-0.2, -0.15) is 5.26 Å². The number of hydrogen-bond acceptors (Lipinski definition) is 6. The maximum absolute atomic E-state index is 14.5. The predicted molar refractivity (Wildman–Crippen MR) is 87.2 cm³/mol. The molecule has 7 heteroatoms. The Morgan fingerprint density at radius 1 is 1.29 bits per heavy atom. The molecule has 3 aliphatic rings. The molecule has 2 atom stereocenters. The highest BCUT2D eigenvalue weighted by molar-refractivity contribution is 5.61. The zero-order valence-corrected chi connectivity index (χ0v) is 13.4. The van der Waals surface area contributed by atoms with Crippen LogP contribution in [0.4, 0.5) is 15.9 Å². The fraction of sp³-hybridized carbons (Fsp3) is 0.412. The molecule has 6 nitrogen and oxygen atoms in total. The van der Waals surface area contributed by atoms with Crippen LogP contribution in [0, 0.1) is 17.1 Å². The summed E-state index contributed by atoms with van der Waals surface area (Å²) in [6.07, 6.45) is 4.66. The smallest absolute Gasteiger partial charge is 0.187 e. The first-order valence-electron chi connectivity index (χ1n) is 8.10. The molecule has 0 radical (unpaired) electrons. The van der Waals surface area contributed by atoms with E-state index in [1.807, 2.05) is 24.0 Å². The van der Waals surface area contributed by atoms with Crippen molar-refractivity contribution in [2.45, 2.75) is 31.8 Å². The van der Waals surface area contributed by atoms with E-state index in [0.717, 1.165) is 12.1 Å². The second-order valence-corrected chi connectivity index (χ2v) is 6.15. The topological polar surface area (TPSA) is 68.9 Å². The van der Waals surface area contributed by atoms with E-state index < -0.39 is 0 Å². The molecule has 2 bridgehead atoms. The third kappa shape index (κ3) is 2.18. The average molecular weight is 324 g/mol. The first-order valence-corrected chi connectivity index (χ1v) is 8.10. The SMILES string of the molecule is CCc1ncnc(N2CC3CC(C2)N3c2cccnc2C#N)c1F. The standard InChI is InChI=1S/C17H17FN6/c1-2-13-16(18)17(22-10-21-13)23-8-11-6-12(9-23)24(11)15-4-3-5-20-14(15)7-19/h3-5,10-12H,2,6,8-9H2,1H3. The van der Waals surface area contributed by atoms with Crippen LogP contribution in [0.5, 0.6) is 0 Å². The molecule has 24 heavy (non-hydrogen) atoms. The van der Waals surface area contributed by atoms with Crippen LogP contribution >= 0.6 is 0 Å². The van der Waals surface area contributed by atoms with Gasteiger partial charge < -0.3 is 9.80 Å². The van der Waals surface area contributed by atoms with Crippen molar-refractivity contribution < 1.29 is 4.39 Å². The van der Waals surface area contributed by atoms with Gasteiger partial charge in [0.15, 0.2) is 17.3 Å². The number of aryl methyl sites for hydroxylation is 1. The average Bonchev–Trinajstić information content (AvgIpc) is 2.62. The highest BCUT2D eigenvalue weighted by atomic mass is 19.1. The van der Waals surface area contributed by atoms with Crippen LogP contribution in [0.3, 0.4) is 0 Å². The summed E-state index contributed by atoms with van der Waals surface area (Å²) in [7, 11) is 0. The fourth-order valence-corrected chi connectivity index (χ4v) is 3.73. The van der Waals surface area contributed by atoms with Crippen molar-refractivity contribution >= 4 is 11.5 Å². The summed E-state index contributed by atoms with van der Waals surface area (Å²) >= 11 is 0. The molecule has 5 heterocycles. The molecule has 3 fully saturated rings. The minimum atomic E-state index is -0.313. The van der Waals surface area contributed by atoms with E-state index >= 15 is 0 Å². The molecule has 0 N–H and O–H groups in total. The second-order valence-electron chi connectivity index (χ2n) is 6.15. The van der Waals surface area contributed by atoms with Gasteiger partial charge in [-0.15, -0.1) is 0 Å². The Labute approximate surface area is 139 Å². The first kappa shape index (κ1) is 14.8. The van der Waals surface area contributed by atoms with Crippen molar-refractivity contribution in [2.24, 2.45) is 0 Å². The monoisotopic (exact) mass is 324 g/mol. The zero-order chi connectivity index (χ0) is 16.7. The van der Waals surface area contributed by atoms with Crippen LogP contribution in [0.2, 0.25) is 0 Å². The number of piperidine rings is 1. The molecular formula is C17H17FN6. The molecule has 0 aromatic carbocycles. The Morgan fingerprint density at radius 3 is 2.79 bits per heavy atom. The molecule has 5 rings (SSSR count). The van der Waals surface area contributed by atoms with Gasteiger partial charge in [-0.1, -0.05) is 6.92 Å². The maximum atomic E-state index is 14.5. The lowest BCUT2D eigenvalue weighted by Crippen LogP contribution is -2.69. The van der Waals surface area contributed by atoms with Gasteiger partial charge in [-0.05, 0) is 25.0 Å². The quantitative estimate of drug-likeness (QED) is 0.859. The second kappa shape index (κ2) is 5.71. The molecule has 2 aromatic heterocycles. The highest BCUT2D eigenvalue weighted by Gasteiger charge is 2.46. The molecule has 0 spiro atoms. The van der Waals surface area contributed by atoms with Crippen LogP contribution in [-0.2, 0) is 6.42 Å². The highest BCUT2D eigenvalue weighted by Crippen LogP contribution is 2.39. The van der Waals surface area contributed by atoms with E-state index in [0.29, 0.717) is 36.7 Å². The Morgan fingerprint density at radius 2 is 2.08 bits per heavy atom. The van der Waals surface area contributed by atoms with Crippen LogP contribution in [-0.4, -0.2) is 40.1 Å². The third-order valence-electron chi connectivity index (χ3n) is 4.84. The summed E-state index contributed by atoms with van der Waals surface area (Å²) < 4.78 is 14.5. The third-order valence-corrected chi connectivity index (χ3v) is 4.84. The van der Waals surface area contributed by atoms with Crippen LogP contribution in [0.15, 0.2) is 24.7 Å². The summed E-state index contributed by atoms with van der Waals surface area (Å²) in [5.74, 6) is 0.0786. The van der Waals surface area contributed by atoms with Gasteiger partial charge in [-0.25, -0.2) is 19.3 Å². The van der Waals surface area contributed by atoms with E-state index in [2.05, 4.69) is 25.9 Å². The van der Waals surface area contributed by atoms with Crippen molar-refractivity contribution in [1.82, 2.24) is 15.0 Å². The largest absolute Gasteiger partial charge is 0.359 e. The number of anilines is 2. The number of pyridine rings is 1. The number of nitrogens with zero attached hydrogens (tertiary/aromatic N) is 6. The number of halogens is 1. The molecule has 0 saturated carbocycles. The molecule has 2 unspecified atom stereocenters. The van der Waals surface area contributed by atoms with E-state index in [1.54, 1.807) is 6.20 Å². The maximum Gasteiger partial charge on any atom is 0.187 e. The molecule has 3 aliphatic heterocycles. The number of aromatic nitrogens is 3. The number of hydrogen-bond donors (Lipinski definition) is 0. The van der Waals surface area contributed by atoms with E-state index in [-0.39, 0.29) is 17.9 Å². The summed E-state index contributed by atoms with van der Waals surface area (Å²) in [6, 6.07) is 6.43. The summed E-state index contributed by atoms with van der Waals surface area (Å²) in [5.41, 5.74) is 1.77. The van der Waals surface area contributed by atoms with Gasteiger partial charge in [0.05, 0.1) is 11.4 Å². The van der Waals surface area contributed by atoms with Crippen molar-refractivity contribution in [1.29, 1.82) is 5.26 Å². The molecule has 3 saturated heterocycles. The lowest BCUT2D eigenvalue weighted by Gasteiger charge is -2.57. The van der Waals surface area contributed by atoms with Gasteiger partial charge in [0.25, 0.3) is 0 Å². The minimum Gasteiger partial charge on any atom is -0.359 e. The van der Waals surface area contributed by atoms with Gasteiger partial charge in [0.1, 0.15) is 12.4 Å². The van der Waals surface area contributed by atoms with Gasteiger partial charge in [0, 0.05) is 31.4 Å². The van der Waals surface area contributed by atoms with Crippen LogP contribution < -0.4 is 9.80 Å². The Bertz CT molecular complexity index is 805. The molecule has 2 aromatic rings. The Kier molecular flexibility index (Phi) is 3.53. The van der Waals surface area contributed by atoms with Crippen LogP contribution in [0.1, 0.15) is 24.7 Å². The summed E-state index contributed by atoms with van der Waals surface area (Å²) in [6.45, 7) is 3.26. The molecular weight excluding hydrogens is 307 g/mol. The van der Waals surface area contributed by atoms with E-state index in [9.17, 15) is 9.65 Å². The molecule has 0 amide bonds. The van der Waals surface area contributed by atoms with E-state index in [1.165, 1.54) is 6.33 Å². The van der Waals surface area contributed by atoms with Gasteiger partial charge >= 0.3 is 0 Å². The number of rotatable bonds is 3. The lowest BCUT2D eigenvalue weighted by molar-refractivity contribution is 0.288. The van der Waals surface area contributed by atoms with Crippen molar-refractivity contribution in [3.8, 4) is 6.07 Å². The lowest BCUT2D eigenvalue weighted by atomic mass is 9.86. The zero-order valence-electron chi connectivity index (χ0n) is 13.4. The minimum absolute atomic E-state index is 0.250. The van der Waals surface area contributed by atoms with Gasteiger partial charge in [-0.3, -0.25) is 0 Å². The van der Waals surface area contributed by atoms with Crippen molar-refractivity contribution in [3.05, 3.63) is 41.9 Å². The summed E-state index contributed by atoms with van der Waals surface area (Å²) in [5, 5.41) is 9.26. The van der Waals surface area contributed by atoms with Crippen molar-refractivity contribution in [3.63, 3.8) is 0 Å². The first-order chi connectivity index (χ1) is 11.7. The van der Waals surface area contributed by atoms with Crippen molar-refractivity contribution in [2.75, 3.05) is 22.9 Å². The normalized spacial score (nSPS) is 22.0. The summed E-state index contributed by atoms with van der Waals surface area (Å²) in [4.78, 5) is 16.5. The fourth-order valence-electron chi connectivity index (χ4n) is 3.73. The number of fused-ring (bicyclic) bond motifs is 2. The number of piperazine rings is 1. The Balaban J connectivity index is 1.59.